The molecule has 0 bridgehead atoms. The van der Waals surface area contributed by atoms with Crippen LogP contribution in [0.1, 0.15) is 25.1 Å². The van der Waals surface area contributed by atoms with E-state index in [4.69, 9.17) is 9.72 Å². The molecule has 0 unspecified atom stereocenters. The van der Waals surface area contributed by atoms with E-state index in [1.165, 1.54) is 0 Å². The van der Waals surface area contributed by atoms with Gasteiger partial charge in [-0.1, -0.05) is 38.1 Å². The van der Waals surface area contributed by atoms with E-state index in [1.807, 2.05) is 72.8 Å². The van der Waals surface area contributed by atoms with Crippen molar-refractivity contribution in [2.45, 2.75) is 19.3 Å². The van der Waals surface area contributed by atoms with Gasteiger partial charge in [0, 0.05) is 23.4 Å². The molecule has 0 aliphatic heterocycles. The minimum absolute atomic E-state index is 0. The van der Waals surface area contributed by atoms with Crippen LogP contribution in [0.2, 0.25) is 0 Å². The topological polar surface area (TPSA) is 35.0 Å². The second-order valence-electron chi connectivity index (χ2n) is 7.01. The third kappa shape index (κ3) is 4.80. The summed E-state index contributed by atoms with van der Waals surface area (Å²) in [4.78, 5) is 9.11. The Labute approximate surface area is 186 Å². The average molecular weight is 560 g/mol. The third-order valence-electron chi connectivity index (χ3n) is 4.67. The Morgan fingerprint density at radius 1 is 0.862 bits per heavy atom. The normalized spacial score (nSPS) is 10.8. The molecule has 0 aliphatic carbocycles. The molecular weight excluding hydrogens is 539 g/mol. The first-order valence-corrected chi connectivity index (χ1v) is 9.19. The predicted molar refractivity (Wildman–Crippen MR) is 110 cm³/mol. The van der Waals surface area contributed by atoms with Gasteiger partial charge in [0.25, 0.3) is 0 Å². The van der Waals surface area contributed by atoms with Gasteiger partial charge in [-0.3, -0.25) is 0 Å². The third-order valence-corrected chi connectivity index (χ3v) is 4.67. The number of hydrogen-bond acceptors (Lipinski definition) is 3. The first-order chi connectivity index (χ1) is 13.6. The molecule has 3 nitrogen and oxygen atoms in total. The maximum Gasteiger partial charge on any atom is 2.00 e. The van der Waals surface area contributed by atoms with Gasteiger partial charge in [0.1, 0.15) is 0 Å². The van der Waals surface area contributed by atoms with Gasteiger partial charge in [0.05, 0.1) is 5.69 Å². The first-order valence-electron chi connectivity index (χ1n) is 9.19. The zero-order chi connectivity index (χ0) is 19.4. The van der Waals surface area contributed by atoms with Crippen LogP contribution in [0.4, 0.5) is 0 Å². The predicted octanol–water partition coefficient (Wildman–Crippen LogP) is 5.86. The molecule has 0 amide bonds. The number of ether oxygens (including phenoxy) is 1. The minimum Gasteiger partial charge on any atom is -0.459 e. The fourth-order valence-corrected chi connectivity index (χ4v) is 3.03. The summed E-state index contributed by atoms with van der Waals surface area (Å²) in [5.41, 5.74) is 3.47. The van der Waals surface area contributed by atoms with Crippen LogP contribution < -0.4 is 4.74 Å². The van der Waals surface area contributed by atoms with Gasteiger partial charge in [-0.25, -0.2) is 4.98 Å². The molecule has 4 heteroatoms. The quantitative estimate of drug-likeness (QED) is 0.288. The molecule has 0 fully saturated rings. The monoisotopic (exact) mass is 559 g/mol. The Balaban J connectivity index is 0.00000240. The summed E-state index contributed by atoms with van der Waals surface area (Å²) in [7, 11) is 0. The number of hydrogen-bond donors (Lipinski definition) is 0. The van der Waals surface area contributed by atoms with Crippen molar-refractivity contribution in [2.75, 3.05) is 0 Å². The van der Waals surface area contributed by atoms with Crippen LogP contribution in [0.15, 0.2) is 85.1 Å². The van der Waals surface area contributed by atoms with Gasteiger partial charge in [-0.15, -0.1) is 23.8 Å². The van der Waals surface area contributed by atoms with E-state index in [-0.39, 0.29) is 26.5 Å². The number of pyridine rings is 2. The standard InChI is InChI=1S/C25H20N2O.Pt/c1-25(2,20-11-4-3-5-12-20)23-15-9-16-24(27-23)28-21-13-8-10-19(18-21)22-14-6-7-17-26-22;/h3-11,13-17H,1-2H3;/q-2;+2. The van der Waals surface area contributed by atoms with Gasteiger partial charge in [-0.05, 0) is 17.8 Å². The van der Waals surface area contributed by atoms with E-state index < -0.39 is 0 Å². The summed E-state index contributed by atoms with van der Waals surface area (Å²) in [6, 6.07) is 32.0. The van der Waals surface area contributed by atoms with Gasteiger partial charge in [0.15, 0.2) is 0 Å². The Hall–Kier alpha value is -2.77. The molecule has 0 aliphatic rings. The molecule has 4 aromatic rings. The molecule has 0 saturated carbocycles. The molecule has 0 radical (unpaired) electrons. The molecule has 0 spiro atoms. The van der Waals surface area contributed by atoms with Crippen molar-refractivity contribution in [1.82, 2.24) is 9.97 Å². The summed E-state index contributed by atoms with van der Waals surface area (Å²) in [5, 5.41) is 0. The number of nitrogens with zero attached hydrogens (tertiary/aromatic N) is 2. The van der Waals surface area contributed by atoms with E-state index in [2.05, 4.69) is 37.0 Å². The molecule has 0 atom stereocenters. The van der Waals surface area contributed by atoms with Crippen molar-refractivity contribution in [1.29, 1.82) is 0 Å². The van der Waals surface area contributed by atoms with Gasteiger partial charge in [-0.2, -0.15) is 35.9 Å². The fraction of sp³-hybridized carbons (Fsp3) is 0.120. The molecule has 2 heterocycles. The Kier molecular flexibility index (Phi) is 6.61. The molecule has 146 valence electrons. The second-order valence-corrected chi connectivity index (χ2v) is 7.01. The van der Waals surface area contributed by atoms with Crippen LogP contribution in [0.25, 0.3) is 11.3 Å². The maximum absolute atomic E-state index is 6.01. The van der Waals surface area contributed by atoms with E-state index in [9.17, 15) is 0 Å². The van der Waals surface area contributed by atoms with Crippen LogP contribution in [-0.2, 0) is 26.5 Å². The SMILES string of the molecule is CC(C)(c1[c-]cccc1)c1cccc(Oc2[c-]c(-c3ccccn3)ccc2)n1.[Pt+2]. The zero-order valence-corrected chi connectivity index (χ0v) is 18.5. The second kappa shape index (κ2) is 9.15. The van der Waals surface area contributed by atoms with E-state index >= 15 is 0 Å². The van der Waals surface area contributed by atoms with E-state index in [0.29, 0.717) is 11.6 Å². The summed E-state index contributed by atoms with van der Waals surface area (Å²) < 4.78 is 6.01. The zero-order valence-electron chi connectivity index (χ0n) is 16.2. The maximum atomic E-state index is 6.01. The fourth-order valence-electron chi connectivity index (χ4n) is 3.03. The number of aromatic nitrogens is 2. The van der Waals surface area contributed by atoms with E-state index in [0.717, 1.165) is 22.5 Å². The van der Waals surface area contributed by atoms with Crippen molar-refractivity contribution < 1.29 is 25.8 Å². The minimum atomic E-state index is -0.278. The molecule has 0 N–H and O–H groups in total. The first kappa shape index (κ1) is 20.9. The molecule has 2 aromatic carbocycles. The summed E-state index contributed by atoms with van der Waals surface area (Å²) in [6.45, 7) is 4.28. The van der Waals surface area contributed by atoms with Gasteiger partial charge >= 0.3 is 21.1 Å². The van der Waals surface area contributed by atoms with Crippen LogP contribution in [-0.4, -0.2) is 9.97 Å². The molecule has 4 rings (SSSR count). The summed E-state index contributed by atoms with van der Waals surface area (Å²) in [6.07, 6.45) is 1.77. The number of benzene rings is 2. The van der Waals surface area contributed by atoms with Gasteiger partial charge < -0.3 is 9.72 Å². The molecule has 2 aromatic heterocycles. The summed E-state index contributed by atoms with van der Waals surface area (Å²) >= 11 is 0. The molecule has 29 heavy (non-hydrogen) atoms. The van der Waals surface area contributed by atoms with Gasteiger partial charge in [0.2, 0.25) is 5.88 Å². The Morgan fingerprint density at radius 2 is 1.69 bits per heavy atom. The van der Waals surface area contributed by atoms with Crippen LogP contribution >= 0.6 is 0 Å². The average Bonchev–Trinajstić information content (AvgIpc) is 2.75. The largest absolute Gasteiger partial charge is 2.00 e. The van der Waals surface area contributed by atoms with Crippen LogP contribution in [0, 0.1) is 12.1 Å². The molecule has 0 saturated heterocycles. The number of rotatable bonds is 5. The van der Waals surface area contributed by atoms with Crippen molar-refractivity contribution in [3.8, 4) is 22.9 Å². The Bertz CT molecular complexity index is 1070. The molecular formula is C25H20N2OPt. The van der Waals surface area contributed by atoms with Crippen LogP contribution in [0.3, 0.4) is 0 Å². The smallest absolute Gasteiger partial charge is 0.459 e. The Morgan fingerprint density at radius 3 is 2.45 bits per heavy atom. The van der Waals surface area contributed by atoms with E-state index in [1.54, 1.807) is 6.20 Å². The van der Waals surface area contributed by atoms with Crippen LogP contribution in [0.5, 0.6) is 11.6 Å². The van der Waals surface area contributed by atoms with Crippen molar-refractivity contribution in [3.05, 3.63) is 108 Å². The van der Waals surface area contributed by atoms with Crippen molar-refractivity contribution in [2.24, 2.45) is 0 Å². The summed E-state index contributed by atoms with van der Waals surface area (Å²) in [5.74, 6) is 1.15. The van der Waals surface area contributed by atoms with Crippen molar-refractivity contribution >= 4 is 0 Å². The van der Waals surface area contributed by atoms with Crippen molar-refractivity contribution in [3.63, 3.8) is 0 Å².